The molecule has 148 valence electrons. The number of pyridine rings is 1. The van der Waals surface area contributed by atoms with Crippen molar-refractivity contribution in [1.82, 2.24) is 4.98 Å². The Bertz CT molecular complexity index is 894. The maximum absolute atomic E-state index is 13.1. The number of halogens is 6. The van der Waals surface area contributed by atoms with Crippen LogP contribution in [0.25, 0.3) is 11.3 Å². The minimum absolute atomic E-state index is 0.0501. The second kappa shape index (κ2) is 7.75. The Morgan fingerprint density at radius 1 is 1.00 bits per heavy atom. The molecule has 0 bridgehead atoms. The lowest BCUT2D eigenvalue weighted by molar-refractivity contribution is -0.137. The van der Waals surface area contributed by atoms with E-state index in [1.807, 2.05) is 0 Å². The Labute approximate surface area is 150 Å². The SMILES string of the molecule is O=S(=O)(CCCC(F)(F)F)Oc1cccc(-c2ncccc2C(F)(F)F)c1. The number of hydrogen-bond donors (Lipinski definition) is 0. The van der Waals surface area contributed by atoms with Crippen molar-refractivity contribution in [3.63, 3.8) is 0 Å². The van der Waals surface area contributed by atoms with Gasteiger partial charge in [0.2, 0.25) is 0 Å². The average molecular weight is 413 g/mol. The molecule has 0 aliphatic carbocycles. The Morgan fingerprint density at radius 3 is 2.33 bits per heavy atom. The van der Waals surface area contributed by atoms with Crippen LogP contribution in [0, 0.1) is 0 Å². The van der Waals surface area contributed by atoms with Gasteiger partial charge in [0.05, 0.1) is 17.0 Å². The Kier molecular flexibility index (Phi) is 6.03. The van der Waals surface area contributed by atoms with Crippen molar-refractivity contribution in [2.45, 2.75) is 25.2 Å². The smallest absolute Gasteiger partial charge is 0.382 e. The first-order valence-corrected chi connectivity index (χ1v) is 9.07. The molecule has 2 aromatic rings. The molecule has 0 aliphatic rings. The molecular formula is C16H13F6NO3S. The molecule has 27 heavy (non-hydrogen) atoms. The molecule has 1 aromatic heterocycles. The van der Waals surface area contributed by atoms with Gasteiger partial charge in [-0.15, -0.1) is 0 Å². The van der Waals surface area contributed by atoms with Gasteiger partial charge >= 0.3 is 22.5 Å². The quantitative estimate of drug-likeness (QED) is 0.503. The molecule has 4 nitrogen and oxygen atoms in total. The highest BCUT2D eigenvalue weighted by Gasteiger charge is 2.34. The minimum atomic E-state index is -4.68. The Balaban J connectivity index is 2.22. The van der Waals surface area contributed by atoms with Crippen LogP contribution in [-0.2, 0) is 16.3 Å². The maximum Gasteiger partial charge on any atom is 0.418 e. The molecule has 0 N–H and O–H groups in total. The molecule has 0 spiro atoms. The lowest BCUT2D eigenvalue weighted by Crippen LogP contribution is -2.16. The predicted octanol–water partition coefficient (Wildman–Crippen LogP) is 4.82. The monoisotopic (exact) mass is 413 g/mol. The Hall–Kier alpha value is -2.30. The van der Waals surface area contributed by atoms with Gasteiger partial charge in [-0.2, -0.15) is 34.8 Å². The van der Waals surface area contributed by atoms with Crippen LogP contribution in [0.1, 0.15) is 18.4 Å². The van der Waals surface area contributed by atoms with Crippen LogP contribution in [0.15, 0.2) is 42.6 Å². The zero-order valence-corrected chi connectivity index (χ0v) is 14.3. The van der Waals surface area contributed by atoms with Gasteiger partial charge in [0.25, 0.3) is 0 Å². The van der Waals surface area contributed by atoms with Crippen molar-refractivity contribution in [3.8, 4) is 17.0 Å². The van der Waals surface area contributed by atoms with Gasteiger partial charge in [0, 0.05) is 18.2 Å². The van der Waals surface area contributed by atoms with E-state index in [2.05, 4.69) is 4.98 Å². The molecule has 2 rings (SSSR count). The summed E-state index contributed by atoms with van der Waals surface area (Å²) < 4.78 is 104. The third-order valence-corrected chi connectivity index (χ3v) is 4.53. The summed E-state index contributed by atoms with van der Waals surface area (Å²) in [4.78, 5) is 3.68. The summed E-state index contributed by atoms with van der Waals surface area (Å²) in [5, 5.41) is 0. The van der Waals surface area contributed by atoms with Gasteiger partial charge < -0.3 is 4.18 Å². The maximum atomic E-state index is 13.1. The van der Waals surface area contributed by atoms with Crippen LogP contribution >= 0.6 is 0 Å². The van der Waals surface area contributed by atoms with E-state index in [1.165, 1.54) is 18.2 Å². The minimum Gasteiger partial charge on any atom is -0.382 e. The van der Waals surface area contributed by atoms with E-state index in [1.54, 1.807) is 0 Å². The van der Waals surface area contributed by atoms with Crippen LogP contribution in [0.3, 0.4) is 0 Å². The molecule has 0 saturated carbocycles. The van der Waals surface area contributed by atoms with E-state index in [9.17, 15) is 34.8 Å². The van der Waals surface area contributed by atoms with Crippen molar-refractivity contribution in [2.24, 2.45) is 0 Å². The molecule has 0 aliphatic heterocycles. The molecule has 0 radical (unpaired) electrons. The van der Waals surface area contributed by atoms with Gasteiger partial charge in [-0.05, 0) is 30.7 Å². The first-order chi connectivity index (χ1) is 12.4. The summed E-state index contributed by atoms with van der Waals surface area (Å²) in [6.45, 7) is 0. The van der Waals surface area contributed by atoms with Crippen LogP contribution < -0.4 is 4.18 Å². The number of benzene rings is 1. The fourth-order valence-electron chi connectivity index (χ4n) is 2.20. The van der Waals surface area contributed by atoms with E-state index < -0.39 is 52.3 Å². The number of nitrogens with zero attached hydrogens (tertiary/aromatic N) is 1. The predicted molar refractivity (Wildman–Crippen MR) is 84.4 cm³/mol. The van der Waals surface area contributed by atoms with Crippen molar-refractivity contribution in [2.75, 3.05) is 5.75 Å². The molecule has 0 saturated heterocycles. The first kappa shape index (κ1) is 21.0. The summed E-state index contributed by atoms with van der Waals surface area (Å²) in [5.41, 5.74) is -1.49. The highest BCUT2D eigenvalue weighted by atomic mass is 32.2. The summed E-state index contributed by atoms with van der Waals surface area (Å²) in [5.74, 6) is -1.20. The largest absolute Gasteiger partial charge is 0.418 e. The van der Waals surface area contributed by atoms with Crippen molar-refractivity contribution in [1.29, 1.82) is 0 Å². The Morgan fingerprint density at radius 2 is 1.70 bits per heavy atom. The molecule has 0 unspecified atom stereocenters. The van der Waals surface area contributed by atoms with E-state index in [4.69, 9.17) is 4.18 Å². The summed E-state index contributed by atoms with van der Waals surface area (Å²) >= 11 is 0. The fraction of sp³-hybridized carbons (Fsp3) is 0.312. The van der Waals surface area contributed by atoms with Gasteiger partial charge in [0.1, 0.15) is 5.75 Å². The van der Waals surface area contributed by atoms with Crippen molar-refractivity contribution >= 4 is 10.1 Å². The third-order valence-electron chi connectivity index (χ3n) is 3.30. The number of aromatic nitrogens is 1. The van der Waals surface area contributed by atoms with E-state index in [0.29, 0.717) is 0 Å². The molecule has 1 aromatic carbocycles. The van der Waals surface area contributed by atoms with E-state index >= 15 is 0 Å². The third kappa shape index (κ3) is 6.42. The number of rotatable bonds is 6. The zero-order valence-electron chi connectivity index (χ0n) is 13.5. The molecule has 0 amide bonds. The molecule has 1 heterocycles. The highest BCUT2D eigenvalue weighted by Crippen LogP contribution is 2.36. The first-order valence-electron chi connectivity index (χ1n) is 7.49. The molecular weight excluding hydrogens is 400 g/mol. The second-order valence-electron chi connectivity index (χ2n) is 5.49. The fourth-order valence-corrected chi connectivity index (χ4v) is 3.18. The van der Waals surface area contributed by atoms with Crippen LogP contribution in [0.2, 0.25) is 0 Å². The average Bonchev–Trinajstić information content (AvgIpc) is 2.52. The van der Waals surface area contributed by atoms with Gasteiger partial charge in [-0.1, -0.05) is 12.1 Å². The molecule has 0 fully saturated rings. The van der Waals surface area contributed by atoms with Gasteiger partial charge in [0.15, 0.2) is 0 Å². The van der Waals surface area contributed by atoms with Crippen LogP contribution in [0.4, 0.5) is 26.3 Å². The van der Waals surface area contributed by atoms with Crippen molar-refractivity contribution in [3.05, 3.63) is 48.2 Å². The summed E-state index contributed by atoms with van der Waals surface area (Å²) in [6, 6.07) is 6.66. The van der Waals surface area contributed by atoms with Crippen LogP contribution in [-0.4, -0.2) is 25.3 Å². The molecule has 0 atom stereocenters. The number of alkyl halides is 6. The lowest BCUT2D eigenvalue weighted by Gasteiger charge is -2.13. The second-order valence-corrected chi connectivity index (χ2v) is 7.18. The zero-order chi connectivity index (χ0) is 20.3. The topological polar surface area (TPSA) is 56.3 Å². The molecule has 11 heteroatoms. The van der Waals surface area contributed by atoms with Gasteiger partial charge in [-0.3, -0.25) is 4.98 Å². The summed E-state index contributed by atoms with van der Waals surface area (Å²) in [6.07, 6.45) is -10.0. The number of hydrogen-bond acceptors (Lipinski definition) is 4. The summed E-state index contributed by atoms with van der Waals surface area (Å²) in [7, 11) is -4.34. The van der Waals surface area contributed by atoms with Gasteiger partial charge in [-0.25, -0.2) is 0 Å². The normalized spacial score (nSPS) is 12.8. The highest BCUT2D eigenvalue weighted by molar-refractivity contribution is 7.87. The van der Waals surface area contributed by atoms with E-state index in [0.717, 1.165) is 24.4 Å². The van der Waals surface area contributed by atoms with Crippen LogP contribution in [0.5, 0.6) is 5.75 Å². The van der Waals surface area contributed by atoms with E-state index in [-0.39, 0.29) is 11.3 Å². The standard InChI is InChI=1S/C16H13F6NO3S/c17-15(18,19)7-3-9-27(24,25)26-12-5-1-4-11(10-12)14-13(16(20,21)22)6-2-8-23-14/h1-2,4-6,8,10H,3,7,9H2. The lowest BCUT2D eigenvalue weighted by atomic mass is 10.1. The van der Waals surface area contributed by atoms with Crippen molar-refractivity contribution < 1.29 is 38.9 Å².